The van der Waals surface area contributed by atoms with Gasteiger partial charge in [-0.25, -0.2) is 4.39 Å². The number of hydrogen-bond donors (Lipinski definition) is 2. The van der Waals surface area contributed by atoms with Gasteiger partial charge >= 0.3 is 6.18 Å². The minimum atomic E-state index is -4.50. The quantitative estimate of drug-likeness (QED) is 0.236. The fraction of sp³-hybridized carbons (Fsp3) is 0.520. The highest BCUT2D eigenvalue weighted by molar-refractivity contribution is 9.10. The second-order valence-electron chi connectivity index (χ2n) is 8.39. The van der Waals surface area contributed by atoms with E-state index in [4.69, 9.17) is 4.74 Å². The van der Waals surface area contributed by atoms with Gasteiger partial charge in [-0.3, -0.25) is 4.72 Å². The van der Waals surface area contributed by atoms with Gasteiger partial charge in [0.05, 0.1) is 12.7 Å². The van der Waals surface area contributed by atoms with Crippen LogP contribution in [0, 0.1) is 11.2 Å². The third-order valence-corrected chi connectivity index (χ3v) is 8.35. The number of rotatable bonds is 9. The smallest absolute Gasteiger partial charge is 0.420 e. The van der Waals surface area contributed by atoms with Crippen LogP contribution in [0.25, 0.3) is 0 Å². The Labute approximate surface area is 212 Å². The third-order valence-electron chi connectivity index (χ3n) is 6.34. The van der Waals surface area contributed by atoms with Crippen molar-refractivity contribution in [3.63, 3.8) is 0 Å². The van der Waals surface area contributed by atoms with Gasteiger partial charge in [-0.1, -0.05) is 40.5 Å². The van der Waals surface area contributed by atoms with Gasteiger partial charge in [-0.2, -0.15) is 13.2 Å². The Bertz CT molecular complexity index is 926. The van der Waals surface area contributed by atoms with Crippen LogP contribution in [-0.2, 0) is 6.18 Å². The lowest BCUT2D eigenvalue weighted by atomic mass is 9.55. The normalized spacial score (nSPS) is 16.2. The number of anilines is 1. The van der Waals surface area contributed by atoms with E-state index in [1.807, 2.05) is 13.8 Å². The van der Waals surface area contributed by atoms with Crippen molar-refractivity contribution in [2.24, 2.45) is 5.41 Å². The number of ether oxygens (including phenoxy) is 1. The largest absolute Gasteiger partial charge is 0.496 e. The zero-order valence-corrected chi connectivity index (χ0v) is 22.6. The van der Waals surface area contributed by atoms with Crippen LogP contribution >= 0.6 is 27.9 Å². The van der Waals surface area contributed by atoms with Crippen LogP contribution in [0.4, 0.5) is 23.2 Å². The summed E-state index contributed by atoms with van der Waals surface area (Å²) in [4.78, 5) is 0.613. The lowest BCUT2D eigenvalue weighted by molar-refractivity contribution is -0.138. The van der Waals surface area contributed by atoms with Crippen molar-refractivity contribution < 1.29 is 22.3 Å². The molecule has 1 aliphatic carbocycles. The Hall–Kier alpha value is -1.45. The summed E-state index contributed by atoms with van der Waals surface area (Å²) in [6.07, 6.45) is -0.508. The van der Waals surface area contributed by atoms with Crippen molar-refractivity contribution >= 4 is 33.6 Å². The maximum atomic E-state index is 13.3. The van der Waals surface area contributed by atoms with Crippen LogP contribution < -0.4 is 14.8 Å². The van der Waals surface area contributed by atoms with Crippen molar-refractivity contribution in [1.29, 1.82) is 0 Å². The molecule has 0 unspecified atom stereocenters. The van der Waals surface area contributed by atoms with Gasteiger partial charge in [0, 0.05) is 27.1 Å². The molecule has 2 aromatic rings. The molecule has 0 bridgehead atoms. The molecule has 0 amide bonds. The van der Waals surface area contributed by atoms with E-state index < -0.39 is 11.7 Å². The predicted molar refractivity (Wildman–Crippen MR) is 136 cm³/mol. The molecule has 0 atom stereocenters. The number of benzene rings is 2. The van der Waals surface area contributed by atoms with Crippen molar-refractivity contribution in [3.8, 4) is 5.75 Å². The first-order valence-electron chi connectivity index (χ1n) is 11.4. The fourth-order valence-electron chi connectivity index (χ4n) is 4.37. The predicted octanol–water partition coefficient (Wildman–Crippen LogP) is 8.69. The third kappa shape index (κ3) is 6.82. The lowest BCUT2D eigenvalue weighted by Crippen LogP contribution is -2.62. The minimum absolute atomic E-state index is 0.214. The van der Waals surface area contributed by atoms with E-state index >= 15 is 0 Å². The van der Waals surface area contributed by atoms with Gasteiger partial charge in [-0.15, -0.1) is 0 Å². The summed E-state index contributed by atoms with van der Waals surface area (Å²) in [6.45, 7) is 8.99. The van der Waals surface area contributed by atoms with E-state index in [2.05, 4.69) is 39.8 Å². The number of methoxy groups -OCH3 is 1. The summed E-state index contributed by atoms with van der Waals surface area (Å²) in [5.41, 5.74) is -0.00270. The summed E-state index contributed by atoms with van der Waals surface area (Å²) < 4.78 is 61.9. The molecule has 2 N–H and O–H groups in total. The summed E-state index contributed by atoms with van der Waals surface area (Å²) in [6, 6.07) is 8.66. The van der Waals surface area contributed by atoms with Crippen LogP contribution in [-0.4, -0.2) is 19.2 Å². The first-order chi connectivity index (χ1) is 16.1. The Balaban J connectivity index is 0.00000199. The number of alkyl halides is 3. The lowest BCUT2D eigenvalue weighted by Gasteiger charge is -2.56. The molecular formula is C25H33BrF4N2OS. The van der Waals surface area contributed by atoms with Gasteiger partial charge in [-0.05, 0) is 82.5 Å². The van der Waals surface area contributed by atoms with Crippen molar-refractivity contribution in [2.45, 2.75) is 70.0 Å². The second kappa shape index (κ2) is 12.0. The molecule has 34 heavy (non-hydrogen) atoms. The van der Waals surface area contributed by atoms with Crippen molar-refractivity contribution in [3.05, 3.63) is 52.3 Å². The van der Waals surface area contributed by atoms with Gasteiger partial charge in [0.15, 0.2) is 0 Å². The monoisotopic (exact) mass is 564 g/mol. The highest BCUT2D eigenvalue weighted by atomic mass is 79.9. The molecule has 0 aliphatic heterocycles. The van der Waals surface area contributed by atoms with E-state index in [1.165, 1.54) is 37.3 Å². The van der Waals surface area contributed by atoms with Crippen molar-refractivity contribution in [2.75, 3.05) is 19.0 Å². The fourth-order valence-corrected chi connectivity index (χ4v) is 5.82. The van der Waals surface area contributed by atoms with Crippen LogP contribution in [0.3, 0.4) is 0 Å². The molecule has 1 fully saturated rings. The Morgan fingerprint density at radius 3 is 2.15 bits per heavy atom. The molecular weight excluding hydrogens is 532 g/mol. The average molecular weight is 566 g/mol. The molecule has 2 aromatic carbocycles. The molecule has 3 nitrogen and oxygen atoms in total. The van der Waals surface area contributed by atoms with Gasteiger partial charge in [0.25, 0.3) is 0 Å². The molecule has 0 spiro atoms. The molecule has 0 radical (unpaired) electrons. The zero-order chi connectivity index (χ0) is 25.6. The number of halogens is 5. The van der Waals surface area contributed by atoms with Gasteiger partial charge in [0.1, 0.15) is 11.6 Å². The van der Waals surface area contributed by atoms with Crippen molar-refractivity contribution in [1.82, 2.24) is 4.72 Å². The molecule has 1 aliphatic rings. The minimum Gasteiger partial charge on any atom is -0.496 e. The highest BCUT2D eigenvalue weighted by Gasteiger charge is 2.52. The van der Waals surface area contributed by atoms with Crippen LogP contribution in [0.1, 0.15) is 58.9 Å². The maximum absolute atomic E-state index is 13.3. The molecule has 190 valence electrons. The Kier molecular flexibility index (Phi) is 10.2. The molecule has 0 aromatic heterocycles. The van der Waals surface area contributed by atoms with E-state index in [1.54, 1.807) is 12.1 Å². The van der Waals surface area contributed by atoms with E-state index in [9.17, 15) is 17.6 Å². The summed E-state index contributed by atoms with van der Waals surface area (Å²) >= 11 is 4.57. The topological polar surface area (TPSA) is 33.3 Å². The first-order valence-corrected chi connectivity index (χ1v) is 13.0. The van der Waals surface area contributed by atoms with Gasteiger partial charge < -0.3 is 10.1 Å². The first kappa shape index (κ1) is 28.8. The van der Waals surface area contributed by atoms with Crippen LogP contribution in [0.2, 0.25) is 0 Å². The highest BCUT2D eigenvalue weighted by Crippen LogP contribution is 2.54. The summed E-state index contributed by atoms with van der Waals surface area (Å²) in [5.74, 6) is -0.506. The second-order valence-corrected chi connectivity index (χ2v) is 10.1. The van der Waals surface area contributed by atoms with Gasteiger partial charge in [0.2, 0.25) is 0 Å². The summed E-state index contributed by atoms with van der Waals surface area (Å²) in [7, 11) is 1.23. The molecule has 1 saturated carbocycles. The molecule has 0 heterocycles. The van der Waals surface area contributed by atoms with Crippen LogP contribution in [0.5, 0.6) is 5.75 Å². The Morgan fingerprint density at radius 1 is 1.06 bits per heavy atom. The standard InChI is InChI=1S/C23H27BrF4N2OS.C2H6/c1-4-21(5-2)12-22(13-21,14-29-16-8-6-15(25)7-9-16)30-32-20-11-19(31-3)17(10-18(20)24)23(26,27)28;1-2/h6-11,29-30H,4-5,12-14H2,1-3H3;1-2H3. The molecule has 9 heteroatoms. The average Bonchev–Trinajstić information content (AvgIpc) is 2.80. The SMILES string of the molecule is CC.CCC1(CC)CC(CNc2ccc(F)cc2)(NSc2cc(OC)c(C(F)(F)F)cc2Br)C1. The number of nitrogens with one attached hydrogen (secondary N) is 2. The number of hydrogen-bond acceptors (Lipinski definition) is 4. The summed E-state index contributed by atoms with van der Waals surface area (Å²) in [5, 5.41) is 3.38. The van der Waals surface area contributed by atoms with E-state index in [0.29, 0.717) is 15.9 Å². The zero-order valence-electron chi connectivity index (χ0n) is 20.2. The molecule has 0 saturated heterocycles. The van der Waals surface area contributed by atoms with E-state index in [-0.39, 0.29) is 22.5 Å². The van der Waals surface area contributed by atoms with E-state index in [0.717, 1.165) is 37.4 Å². The molecule has 3 rings (SSSR count). The maximum Gasteiger partial charge on any atom is 0.420 e. The van der Waals surface area contributed by atoms with Crippen LogP contribution in [0.15, 0.2) is 45.8 Å². The Morgan fingerprint density at radius 2 is 1.65 bits per heavy atom.